The van der Waals surface area contributed by atoms with Crippen molar-refractivity contribution in [1.29, 1.82) is 0 Å². The Balaban J connectivity index is 0.000000302. The summed E-state index contributed by atoms with van der Waals surface area (Å²) in [5.41, 5.74) is -11.9. The topological polar surface area (TPSA) is 24.1 Å². The highest BCUT2D eigenvalue weighted by molar-refractivity contribution is 7.20. The summed E-state index contributed by atoms with van der Waals surface area (Å²) in [6.07, 6.45) is -5.14. The number of aromatic nitrogens is 1. The van der Waals surface area contributed by atoms with Crippen LogP contribution in [0.25, 0.3) is 10.9 Å². The molecule has 0 aliphatic rings. The molecular weight excluding hydrogens is 901 g/mol. The first kappa shape index (κ1) is 45.7. The van der Waals surface area contributed by atoms with Crippen LogP contribution in [0.4, 0.5) is 87.8 Å². The lowest BCUT2D eigenvalue weighted by Crippen LogP contribution is -2.81. The predicted molar refractivity (Wildman–Crippen MR) is 181 cm³/mol. The van der Waals surface area contributed by atoms with E-state index in [4.69, 9.17) is 0 Å². The zero-order valence-corrected chi connectivity index (χ0v) is 30.1. The van der Waals surface area contributed by atoms with E-state index < -0.39 is 144 Å². The highest BCUT2D eigenvalue weighted by Gasteiger charge is 2.52. The van der Waals surface area contributed by atoms with Crippen LogP contribution in [0.3, 0.4) is 0 Å². The van der Waals surface area contributed by atoms with Gasteiger partial charge in [0.25, 0.3) is 0 Å². The molecule has 0 saturated carbocycles. The molecule has 6 aromatic carbocycles. The third-order valence-electron chi connectivity index (χ3n) is 9.78. The number of pyridine rings is 1. The number of hydrogen-bond donors (Lipinski definition) is 1. The first-order valence-corrected chi connectivity index (χ1v) is 16.9. The molecule has 0 aliphatic heterocycles. The van der Waals surface area contributed by atoms with Gasteiger partial charge in [-0.2, -0.15) is 4.57 Å². The van der Waals surface area contributed by atoms with E-state index >= 15 is 35.1 Å². The minimum Gasteiger partial charge on any atom is -0.508 e. The molecule has 0 aliphatic carbocycles. The Labute approximate surface area is 337 Å². The molecule has 0 saturated heterocycles. The Morgan fingerprint density at radius 1 is 0.333 bits per heavy atom. The summed E-state index contributed by atoms with van der Waals surface area (Å²) in [5, 5.41) is 10.5. The fourth-order valence-corrected chi connectivity index (χ4v) is 7.03. The Kier molecular flexibility index (Phi) is 12.2. The molecule has 23 heteroatoms. The molecule has 0 atom stereocenters. The van der Waals surface area contributed by atoms with Crippen molar-refractivity contribution in [1.82, 2.24) is 0 Å². The summed E-state index contributed by atoms with van der Waals surface area (Å²) in [4.78, 5) is 0. The Hall–Kier alpha value is -6.81. The molecule has 0 unspecified atom stereocenters. The SMILES string of the molecule is Fc1c(F)c(F)c([B-](c2c(F)c(F)c(F)c(F)c2F)(c2c(F)c(F)c(F)c(F)c2F)c2c(F)c(F)c(F)c(F)c2F)c(F)c1F.Oc1ccc(C[n+]2cccc3ccccc32)cc1. The molecule has 0 fully saturated rings. The highest BCUT2D eigenvalue weighted by atomic mass is 19.2. The van der Waals surface area contributed by atoms with E-state index in [1.165, 1.54) is 16.5 Å². The smallest absolute Gasteiger partial charge is 0.212 e. The number of rotatable bonds is 6. The maximum absolute atomic E-state index is 15.4. The standard InChI is InChI=1S/C24BF20.C16H13NO/c26-5-1(6(27)14(35)21(42)13(5)34)25(2-7(28)15(36)22(43)16(37)8(2)29,3-9(30)17(38)23(44)18(39)10(3)31)4-11(32)19(40)24(45)20(41)12(4)33;18-15-9-7-13(8-10-15)12-17-11-3-5-14-4-1-2-6-16(14)17/h;1-11H,12H2/q-1;/p+1. The van der Waals surface area contributed by atoms with Crippen molar-refractivity contribution in [2.75, 3.05) is 0 Å². The first-order chi connectivity index (χ1) is 29.5. The second-order valence-corrected chi connectivity index (χ2v) is 13.2. The Bertz CT molecular complexity index is 2610. The fourth-order valence-electron chi connectivity index (χ4n) is 7.03. The molecule has 7 rings (SSSR count). The molecule has 0 spiro atoms. The van der Waals surface area contributed by atoms with Crippen molar-refractivity contribution < 1.29 is 97.5 Å². The fraction of sp³-hybridized carbons (Fsp3) is 0.0250. The molecule has 1 N–H and O–H groups in total. The lowest BCUT2D eigenvalue weighted by Gasteiger charge is -2.44. The first-order valence-electron chi connectivity index (χ1n) is 16.9. The maximum Gasteiger partial charge on any atom is 0.212 e. The van der Waals surface area contributed by atoms with Crippen LogP contribution in [-0.4, -0.2) is 11.3 Å². The Morgan fingerprint density at radius 3 is 0.921 bits per heavy atom. The molecule has 0 radical (unpaired) electrons. The second-order valence-electron chi connectivity index (χ2n) is 13.2. The summed E-state index contributed by atoms with van der Waals surface area (Å²) in [6.45, 7) is 0.807. The van der Waals surface area contributed by atoms with Gasteiger partial charge in [-0.1, -0.05) is 12.1 Å². The number of aromatic hydroxyl groups is 1. The van der Waals surface area contributed by atoms with Crippen LogP contribution in [0.5, 0.6) is 5.75 Å². The van der Waals surface area contributed by atoms with E-state index in [0.717, 1.165) is 6.54 Å². The average Bonchev–Trinajstić information content (AvgIpc) is 3.27. The van der Waals surface area contributed by atoms with E-state index in [2.05, 4.69) is 41.1 Å². The molecule has 63 heavy (non-hydrogen) atoms. The lowest BCUT2D eigenvalue weighted by atomic mass is 9.12. The van der Waals surface area contributed by atoms with Crippen molar-refractivity contribution in [3.05, 3.63) is 189 Å². The molecule has 1 heterocycles. The summed E-state index contributed by atoms with van der Waals surface area (Å²) >= 11 is 0. The Morgan fingerprint density at radius 2 is 0.603 bits per heavy atom. The van der Waals surface area contributed by atoms with Crippen molar-refractivity contribution >= 4 is 38.9 Å². The minimum atomic E-state index is -7.22. The summed E-state index contributed by atoms with van der Waals surface area (Å²) in [7, 11) is 0. The number of hydrogen-bond acceptors (Lipinski definition) is 1. The van der Waals surface area contributed by atoms with Crippen molar-refractivity contribution in [3.63, 3.8) is 0 Å². The van der Waals surface area contributed by atoms with Crippen LogP contribution >= 0.6 is 0 Å². The van der Waals surface area contributed by atoms with Crippen LogP contribution in [-0.2, 0) is 6.54 Å². The molecular formula is C40H14BF20NO. The van der Waals surface area contributed by atoms with Crippen LogP contribution < -0.4 is 26.4 Å². The van der Waals surface area contributed by atoms with Crippen molar-refractivity contribution in [2.24, 2.45) is 0 Å². The summed E-state index contributed by atoms with van der Waals surface area (Å²) in [6, 6.07) is 19.9. The largest absolute Gasteiger partial charge is 0.508 e. The van der Waals surface area contributed by atoms with Gasteiger partial charge in [0.1, 0.15) is 58.4 Å². The van der Waals surface area contributed by atoms with Gasteiger partial charge >= 0.3 is 0 Å². The van der Waals surface area contributed by atoms with E-state index in [-0.39, 0.29) is 0 Å². The van der Waals surface area contributed by atoms with Gasteiger partial charge in [0.15, 0.2) is 82.5 Å². The minimum absolute atomic E-state index is 0.307. The predicted octanol–water partition coefficient (Wildman–Crippen LogP) is 8.73. The highest BCUT2D eigenvalue weighted by Crippen LogP contribution is 2.31. The quantitative estimate of drug-likeness (QED) is 0.0584. The number of nitrogens with zero attached hydrogens (tertiary/aromatic N) is 1. The third-order valence-corrected chi connectivity index (χ3v) is 9.78. The summed E-state index contributed by atoms with van der Waals surface area (Å²) in [5.74, 6) is -71.1. The van der Waals surface area contributed by atoms with Gasteiger partial charge in [0.2, 0.25) is 5.52 Å². The summed E-state index contributed by atoms with van der Waals surface area (Å²) < 4.78 is 296. The maximum atomic E-state index is 15.4. The molecule has 1 aromatic heterocycles. The van der Waals surface area contributed by atoms with Gasteiger partial charge in [-0.3, -0.25) is 0 Å². The van der Waals surface area contributed by atoms with Gasteiger partial charge in [-0.25, -0.2) is 87.8 Å². The molecule has 0 amide bonds. The van der Waals surface area contributed by atoms with Crippen LogP contribution in [0.2, 0.25) is 0 Å². The normalized spacial score (nSPS) is 11.6. The number of para-hydroxylation sites is 1. The lowest BCUT2D eigenvalue weighted by molar-refractivity contribution is -0.662. The van der Waals surface area contributed by atoms with E-state index in [1.807, 2.05) is 18.2 Å². The van der Waals surface area contributed by atoms with Crippen LogP contribution in [0.15, 0.2) is 66.9 Å². The number of benzene rings is 6. The van der Waals surface area contributed by atoms with Crippen molar-refractivity contribution in [2.45, 2.75) is 6.54 Å². The number of fused-ring (bicyclic) bond motifs is 1. The monoisotopic (exact) mass is 915 g/mol. The third kappa shape index (κ3) is 7.11. The van der Waals surface area contributed by atoms with Gasteiger partial charge < -0.3 is 5.11 Å². The number of halogens is 20. The van der Waals surface area contributed by atoms with E-state index in [1.54, 1.807) is 12.1 Å². The average molecular weight is 915 g/mol. The van der Waals surface area contributed by atoms with Gasteiger partial charge in [0, 0.05) is 23.1 Å². The van der Waals surface area contributed by atoms with E-state index in [0.29, 0.717) is 5.75 Å². The van der Waals surface area contributed by atoms with Crippen LogP contribution in [0, 0.1) is 116 Å². The van der Waals surface area contributed by atoms with Gasteiger partial charge in [0.05, 0.1) is 0 Å². The van der Waals surface area contributed by atoms with Crippen LogP contribution in [0.1, 0.15) is 5.56 Å². The second kappa shape index (κ2) is 16.8. The molecule has 328 valence electrons. The molecule has 2 nitrogen and oxygen atoms in total. The molecule has 7 aromatic rings. The van der Waals surface area contributed by atoms with Crippen molar-refractivity contribution in [3.8, 4) is 5.75 Å². The van der Waals surface area contributed by atoms with Gasteiger partial charge in [-0.15, -0.1) is 21.9 Å². The number of phenols is 1. The zero-order valence-electron chi connectivity index (χ0n) is 30.1. The van der Waals surface area contributed by atoms with Gasteiger partial charge in [-0.05, 0) is 36.4 Å². The molecule has 0 bridgehead atoms. The number of phenolic OH excluding ortho intramolecular Hbond substituents is 1. The zero-order chi connectivity index (χ0) is 46.7. The van der Waals surface area contributed by atoms with E-state index in [9.17, 15) is 57.8 Å².